The minimum absolute atomic E-state index is 0.0102. The van der Waals surface area contributed by atoms with Gasteiger partial charge in [-0.2, -0.15) is 0 Å². The summed E-state index contributed by atoms with van der Waals surface area (Å²) < 4.78 is 32.5. The van der Waals surface area contributed by atoms with Gasteiger partial charge in [-0.1, -0.05) is 12.1 Å². The van der Waals surface area contributed by atoms with E-state index in [0.29, 0.717) is 17.1 Å². The molecule has 0 radical (unpaired) electrons. The number of halogens is 2. The first-order valence-electron chi connectivity index (χ1n) is 7.31. The third kappa shape index (κ3) is 5.10. The van der Waals surface area contributed by atoms with Crippen LogP contribution in [0.4, 0.5) is 14.6 Å². The van der Waals surface area contributed by atoms with E-state index in [0.717, 1.165) is 4.90 Å². The van der Waals surface area contributed by atoms with E-state index in [-0.39, 0.29) is 6.10 Å². The fourth-order valence-corrected chi connectivity index (χ4v) is 2.45. The Morgan fingerprint density at radius 3 is 2.52 bits per heavy atom. The van der Waals surface area contributed by atoms with Gasteiger partial charge in [0.25, 0.3) is 6.43 Å². The molecule has 0 fully saturated rings. The summed E-state index contributed by atoms with van der Waals surface area (Å²) in [6.07, 6.45) is 1.02. The Balaban J connectivity index is 2.20. The molecule has 23 heavy (non-hydrogen) atoms. The molecule has 2 aromatic rings. The van der Waals surface area contributed by atoms with Gasteiger partial charge in [0.05, 0.1) is 6.10 Å². The lowest BCUT2D eigenvalue weighted by molar-refractivity contribution is 0.124. The number of nitrogens with zero attached hydrogens (tertiary/aromatic N) is 1. The van der Waals surface area contributed by atoms with E-state index >= 15 is 0 Å². The Kier molecular flexibility index (Phi) is 6.21. The zero-order chi connectivity index (χ0) is 16.8. The first-order chi connectivity index (χ1) is 11.0. The molecule has 0 spiro atoms. The molecule has 0 aliphatic rings. The zero-order valence-electron chi connectivity index (χ0n) is 13.3. The molecule has 1 aromatic carbocycles. The molecule has 0 aliphatic heterocycles. The van der Waals surface area contributed by atoms with Gasteiger partial charge in [-0.05, 0) is 49.9 Å². The van der Waals surface area contributed by atoms with Gasteiger partial charge < -0.3 is 10.1 Å². The lowest BCUT2D eigenvalue weighted by atomic mass is 10.1. The predicted molar refractivity (Wildman–Crippen MR) is 90.6 cm³/mol. The standard InChI is InChI=1S/C17H20F2N2OS/c1-11(2)22-13-6-4-5-12(9-13)16(17(18)19)21-15-8-7-14(23-3)10-20-15/h4-11,16-17H,1-3H3,(H,20,21)/t16-/m0/s1. The zero-order valence-corrected chi connectivity index (χ0v) is 14.1. The minimum atomic E-state index is -2.56. The van der Waals surface area contributed by atoms with Crippen molar-refractivity contribution in [2.45, 2.75) is 37.3 Å². The number of nitrogens with one attached hydrogen (secondary N) is 1. The van der Waals surface area contributed by atoms with Crippen molar-refractivity contribution >= 4 is 17.6 Å². The van der Waals surface area contributed by atoms with Crippen molar-refractivity contribution in [1.29, 1.82) is 0 Å². The molecule has 124 valence electrons. The van der Waals surface area contributed by atoms with E-state index in [1.54, 1.807) is 48.3 Å². The summed E-state index contributed by atoms with van der Waals surface area (Å²) >= 11 is 1.55. The quantitative estimate of drug-likeness (QED) is 0.720. The van der Waals surface area contributed by atoms with Crippen molar-refractivity contribution in [2.24, 2.45) is 0 Å². The number of hydrogen-bond donors (Lipinski definition) is 1. The van der Waals surface area contributed by atoms with Gasteiger partial charge in [0, 0.05) is 11.1 Å². The smallest absolute Gasteiger partial charge is 0.262 e. The topological polar surface area (TPSA) is 34.1 Å². The normalized spacial score (nSPS) is 12.5. The third-order valence-corrected chi connectivity index (χ3v) is 3.83. The van der Waals surface area contributed by atoms with E-state index in [1.807, 2.05) is 26.2 Å². The number of hydrogen-bond acceptors (Lipinski definition) is 4. The van der Waals surface area contributed by atoms with Crippen molar-refractivity contribution in [3.63, 3.8) is 0 Å². The number of anilines is 1. The molecule has 1 atom stereocenters. The molecular weight excluding hydrogens is 318 g/mol. The van der Waals surface area contributed by atoms with Crippen LogP contribution in [0.5, 0.6) is 5.75 Å². The molecule has 0 bridgehead atoms. The summed E-state index contributed by atoms with van der Waals surface area (Å²) in [6.45, 7) is 3.79. The maximum atomic E-state index is 13.5. The fourth-order valence-electron chi connectivity index (χ4n) is 2.09. The van der Waals surface area contributed by atoms with Gasteiger partial charge in [0.15, 0.2) is 0 Å². The third-order valence-electron chi connectivity index (χ3n) is 3.12. The van der Waals surface area contributed by atoms with E-state index in [9.17, 15) is 8.78 Å². The highest BCUT2D eigenvalue weighted by atomic mass is 32.2. The van der Waals surface area contributed by atoms with Gasteiger partial charge in [-0.15, -0.1) is 11.8 Å². The average molecular weight is 338 g/mol. The van der Waals surface area contributed by atoms with Crippen LogP contribution in [0.1, 0.15) is 25.5 Å². The monoisotopic (exact) mass is 338 g/mol. The molecule has 3 nitrogen and oxygen atoms in total. The van der Waals surface area contributed by atoms with Crippen LogP contribution in [0.2, 0.25) is 0 Å². The van der Waals surface area contributed by atoms with Crippen LogP contribution >= 0.6 is 11.8 Å². The van der Waals surface area contributed by atoms with E-state index < -0.39 is 12.5 Å². The lowest BCUT2D eigenvalue weighted by Gasteiger charge is -2.20. The molecule has 2 rings (SSSR count). The fraction of sp³-hybridized carbons (Fsp3) is 0.353. The van der Waals surface area contributed by atoms with E-state index in [2.05, 4.69) is 10.3 Å². The number of pyridine rings is 1. The number of aromatic nitrogens is 1. The summed E-state index contributed by atoms with van der Waals surface area (Å²) in [5.74, 6) is 0.999. The summed E-state index contributed by atoms with van der Waals surface area (Å²) in [4.78, 5) is 5.15. The second-order valence-electron chi connectivity index (χ2n) is 5.28. The molecule has 1 aromatic heterocycles. The van der Waals surface area contributed by atoms with Gasteiger partial charge >= 0.3 is 0 Å². The minimum Gasteiger partial charge on any atom is -0.491 e. The van der Waals surface area contributed by atoms with Crippen LogP contribution in [0.25, 0.3) is 0 Å². The predicted octanol–water partition coefficient (Wildman–Crippen LogP) is 5.01. The van der Waals surface area contributed by atoms with Gasteiger partial charge in [0.2, 0.25) is 0 Å². The summed E-state index contributed by atoms with van der Waals surface area (Å²) in [7, 11) is 0. The maximum Gasteiger partial charge on any atom is 0.262 e. The number of alkyl halides is 2. The van der Waals surface area contributed by atoms with E-state index in [1.165, 1.54) is 0 Å². The largest absolute Gasteiger partial charge is 0.491 e. The maximum absolute atomic E-state index is 13.5. The summed E-state index contributed by atoms with van der Waals surface area (Å²) in [5, 5.41) is 2.80. The summed E-state index contributed by atoms with van der Waals surface area (Å²) in [6, 6.07) is 9.19. The number of ether oxygens (including phenoxy) is 1. The van der Waals surface area contributed by atoms with Gasteiger partial charge in [-0.25, -0.2) is 13.8 Å². The van der Waals surface area contributed by atoms with Crippen LogP contribution in [0, 0.1) is 0 Å². The van der Waals surface area contributed by atoms with Crippen LogP contribution < -0.4 is 10.1 Å². The highest BCUT2D eigenvalue weighted by Crippen LogP contribution is 2.28. The first kappa shape index (κ1) is 17.5. The summed E-state index contributed by atoms with van der Waals surface area (Å²) in [5.41, 5.74) is 0.467. The molecular formula is C17H20F2N2OS. The SMILES string of the molecule is CSc1ccc(N[C@@H](c2cccc(OC(C)C)c2)C(F)F)nc1. The Morgan fingerprint density at radius 1 is 1.17 bits per heavy atom. The van der Waals surface area contributed by atoms with Crippen molar-refractivity contribution in [3.8, 4) is 5.75 Å². The molecule has 6 heteroatoms. The highest BCUT2D eigenvalue weighted by molar-refractivity contribution is 7.98. The Labute approximate surface area is 139 Å². The lowest BCUT2D eigenvalue weighted by Crippen LogP contribution is -2.19. The van der Waals surface area contributed by atoms with Crippen molar-refractivity contribution in [1.82, 2.24) is 4.98 Å². The van der Waals surface area contributed by atoms with Crippen molar-refractivity contribution < 1.29 is 13.5 Å². The van der Waals surface area contributed by atoms with Crippen LogP contribution in [-0.4, -0.2) is 23.8 Å². The van der Waals surface area contributed by atoms with Gasteiger partial charge in [0.1, 0.15) is 17.6 Å². The van der Waals surface area contributed by atoms with Gasteiger partial charge in [-0.3, -0.25) is 0 Å². The van der Waals surface area contributed by atoms with Crippen molar-refractivity contribution in [3.05, 3.63) is 48.2 Å². The molecule has 0 aliphatic carbocycles. The molecule has 1 N–H and O–H groups in total. The Morgan fingerprint density at radius 2 is 1.96 bits per heavy atom. The molecule has 0 amide bonds. The molecule has 1 heterocycles. The average Bonchev–Trinajstić information content (AvgIpc) is 2.52. The number of thioether (sulfide) groups is 1. The van der Waals surface area contributed by atoms with Crippen LogP contribution in [0.3, 0.4) is 0 Å². The van der Waals surface area contributed by atoms with Crippen molar-refractivity contribution in [2.75, 3.05) is 11.6 Å². The molecule has 0 unspecified atom stereocenters. The van der Waals surface area contributed by atoms with Crippen LogP contribution in [0.15, 0.2) is 47.5 Å². The first-order valence-corrected chi connectivity index (χ1v) is 8.53. The number of benzene rings is 1. The second-order valence-corrected chi connectivity index (χ2v) is 6.16. The molecule has 0 saturated heterocycles. The second kappa shape index (κ2) is 8.15. The Bertz CT molecular complexity index is 620. The van der Waals surface area contributed by atoms with E-state index in [4.69, 9.17) is 4.74 Å². The molecule has 0 saturated carbocycles. The number of rotatable bonds is 7. The highest BCUT2D eigenvalue weighted by Gasteiger charge is 2.23. The van der Waals surface area contributed by atoms with Crippen LogP contribution in [-0.2, 0) is 0 Å². The Hall–Kier alpha value is -1.82.